The summed E-state index contributed by atoms with van der Waals surface area (Å²) in [5.41, 5.74) is -1.28. The maximum absolute atomic E-state index is 13.2. The van der Waals surface area contributed by atoms with Crippen molar-refractivity contribution < 1.29 is 23.8 Å². The van der Waals surface area contributed by atoms with Crippen LogP contribution < -0.4 is 14.8 Å². The standard InChI is InChI=1S/C23H31NO5S/c1-5-29-22(26)23(2,21(25)24-16-9-7-6-8-10-16)14-17-11-15-12-18(27-3)19(28-4)13-20(15)30-17/h11-13,16H,5-10,14H2,1-4H3,(H,24,25). The summed E-state index contributed by atoms with van der Waals surface area (Å²) in [6.07, 6.45) is 5.65. The molecular weight excluding hydrogens is 402 g/mol. The first kappa shape index (κ1) is 22.4. The molecule has 1 heterocycles. The number of rotatable bonds is 8. The predicted molar refractivity (Wildman–Crippen MR) is 118 cm³/mol. The number of carbonyl (C=O) groups is 2. The molecule has 1 unspecified atom stereocenters. The number of hydrogen-bond acceptors (Lipinski definition) is 6. The van der Waals surface area contributed by atoms with E-state index in [1.807, 2.05) is 18.2 Å². The fourth-order valence-electron chi connectivity index (χ4n) is 3.98. The van der Waals surface area contributed by atoms with Crippen LogP contribution in [0.25, 0.3) is 10.1 Å². The van der Waals surface area contributed by atoms with Crippen LogP contribution in [0.2, 0.25) is 0 Å². The first-order valence-corrected chi connectivity index (χ1v) is 11.4. The topological polar surface area (TPSA) is 73.9 Å². The second kappa shape index (κ2) is 9.69. The van der Waals surface area contributed by atoms with Crippen molar-refractivity contribution in [3.05, 3.63) is 23.1 Å². The molecule has 30 heavy (non-hydrogen) atoms. The average Bonchev–Trinajstić information content (AvgIpc) is 3.14. The minimum atomic E-state index is -1.28. The van der Waals surface area contributed by atoms with Crippen molar-refractivity contribution >= 4 is 33.3 Å². The Hall–Kier alpha value is -2.28. The van der Waals surface area contributed by atoms with Crippen molar-refractivity contribution in [3.8, 4) is 11.5 Å². The van der Waals surface area contributed by atoms with Gasteiger partial charge in [0.15, 0.2) is 11.5 Å². The molecule has 1 aromatic carbocycles. The molecular formula is C23H31NO5S. The van der Waals surface area contributed by atoms with Gasteiger partial charge < -0.3 is 19.5 Å². The van der Waals surface area contributed by atoms with Crippen LogP contribution in [0.3, 0.4) is 0 Å². The van der Waals surface area contributed by atoms with Crippen LogP contribution >= 0.6 is 11.3 Å². The van der Waals surface area contributed by atoms with Gasteiger partial charge in [-0.05, 0) is 44.2 Å². The Bertz CT molecular complexity index is 861. The van der Waals surface area contributed by atoms with Gasteiger partial charge in [-0.1, -0.05) is 19.3 Å². The normalized spacial score (nSPS) is 16.7. The van der Waals surface area contributed by atoms with E-state index < -0.39 is 11.4 Å². The molecule has 0 saturated heterocycles. The molecule has 1 amide bonds. The monoisotopic (exact) mass is 433 g/mol. The largest absolute Gasteiger partial charge is 0.493 e. The molecule has 1 atom stereocenters. The molecule has 1 aromatic heterocycles. The fourth-order valence-corrected chi connectivity index (χ4v) is 5.21. The summed E-state index contributed by atoms with van der Waals surface area (Å²) in [6, 6.07) is 5.98. The highest BCUT2D eigenvalue weighted by Gasteiger charge is 2.44. The van der Waals surface area contributed by atoms with E-state index in [9.17, 15) is 9.59 Å². The van der Waals surface area contributed by atoms with Crippen LogP contribution in [-0.4, -0.2) is 38.7 Å². The molecule has 0 aliphatic heterocycles. The van der Waals surface area contributed by atoms with Gasteiger partial charge >= 0.3 is 5.97 Å². The fraction of sp³-hybridized carbons (Fsp3) is 0.565. The lowest BCUT2D eigenvalue weighted by atomic mass is 9.84. The predicted octanol–water partition coefficient (Wildman–Crippen LogP) is 4.48. The minimum Gasteiger partial charge on any atom is -0.493 e. The second-order valence-corrected chi connectivity index (χ2v) is 9.16. The molecule has 1 saturated carbocycles. The number of nitrogens with one attached hydrogen (secondary N) is 1. The third-order valence-electron chi connectivity index (χ3n) is 5.77. The van der Waals surface area contributed by atoms with Crippen molar-refractivity contribution in [1.29, 1.82) is 0 Å². The highest BCUT2D eigenvalue weighted by Crippen LogP contribution is 2.38. The first-order chi connectivity index (χ1) is 14.4. The van der Waals surface area contributed by atoms with E-state index in [4.69, 9.17) is 14.2 Å². The summed E-state index contributed by atoms with van der Waals surface area (Å²) in [5.74, 6) is 0.575. The van der Waals surface area contributed by atoms with Crippen LogP contribution in [0.4, 0.5) is 0 Å². The van der Waals surface area contributed by atoms with Gasteiger partial charge in [0.05, 0.1) is 20.8 Å². The quantitative estimate of drug-likeness (QED) is 0.491. The summed E-state index contributed by atoms with van der Waals surface area (Å²) < 4.78 is 17.1. The van der Waals surface area contributed by atoms with Crippen LogP contribution in [0.1, 0.15) is 50.8 Å². The summed E-state index contributed by atoms with van der Waals surface area (Å²) in [6.45, 7) is 3.69. The SMILES string of the molecule is CCOC(=O)C(C)(Cc1cc2cc(OC)c(OC)cc2s1)C(=O)NC1CCCCC1. The van der Waals surface area contributed by atoms with Crippen LogP contribution in [-0.2, 0) is 20.7 Å². The molecule has 164 valence electrons. The summed E-state index contributed by atoms with van der Waals surface area (Å²) in [7, 11) is 3.20. The third kappa shape index (κ3) is 4.72. The highest BCUT2D eigenvalue weighted by molar-refractivity contribution is 7.19. The van der Waals surface area contributed by atoms with E-state index in [1.54, 1.807) is 39.4 Å². The summed E-state index contributed by atoms with van der Waals surface area (Å²) >= 11 is 1.55. The molecule has 1 fully saturated rings. The van der Waals surface area contributed by atoms with Gasteiger partial charge in [0, 0.05) is 28.1 Å². The molecule has 1 N–H and O–H groups in total. The van der Waals surface area contributed by atoms with E-state index in [2.05, 4.69) is 5.32 Å². The molecule has 7 heteroatoms. The number of esters is 1. The van der Waals surface area contributed by atoms with Gasteiger partial charge in [-0.3, -0.25) is 9.59 Å². The van der Waals surface area contributed by atoms with Crippen LogP contribution in [0.15, 0.2) is 18.2 Å². The maximum Gasteiger partial charge on any atom is 0.321 e. The highest BCUT2D eigenvalue weighted by atomic mass is 32.1. The lowest BCUT2D eigenvalue weighted by Crippen LogP contribution is -2.50. The van der Waals surface area contributed by atoms with E-state index >= 15 is 0 Å². The Morgan fingerprint density at radius 1 is 1.10 bits per heavy atom. The number of fused-ring (bicyclic) bond motifs is 1. The number of carbonyl (C=O) groups excluding carboxylic acids is 2. The number of benzene rings is 1. The molecule has 1 aliphatic rings. The van der Waals surface area contributed by atoms with Gasteiger partial charge in [-0.25, -0.2) is 0 Å². The second-order valence-electron chi connectivity index (χ2n) is 8.00. The zero-order chi connectivity index (χ0) is 21.7. The van der Waals surface area contributed by atoms with Crippen molar-refractivity contribution in [2.24, 2.45) is 5.41 Å². The van der Waals surface area contributed by atoms with Crippen molar-refractivity contribution in [2.45, 2.75) is 58.4 Å². The van der Waals surface area contributed by atoms with Crippen LogP contribution in [0.5, 0.6) is 11.5 Å². The van der Waals surface area contributed by atoms with Crippen molar-refractivity contribution in [1.82, 2.24) is 5.32 Å². The Kier molecular flexibility index (Phi) is 7.23. The van der Waals surface area contributed by atoms with Crippen molar-refractivity contribution in [2.75, 3.05) is 20.8 Å². The Labute approximate surface area is 181 Å². The lowest BCUT2D eigenvalue weighted by molar-refractivity contribution is -0.160. The van der Waals surface area contributed by atoms with E-state index in [0.717, 1.165) is 40.6 Å². The van der Waals surface area contributed by atoms with Gasteiger partial charge in [0.1, 0.15) is 5.41 Å². The molecule has 2 aromatic rings. The number of methoxy groups -OCH3 is 2. The number of amides is 1. The average molecular weight is 434 g/mol. The van der Waals surface area contributed by atoms with E-state index in [0.29, 0.717) is 11.5 Å². The van der Waals surface area contributed by atoms with E-state index in [-0.39, 0.29) is 25.0 Å². The smallest absolute Gasteiger partial charge is 0.321 e. The number of thiophene rings is 1. The van der Waals surface area contributed by atoms with Crippen LogP contribution in [0, 0.1) is 5.41 Å². The molecule has 0 spiro atoms. The van der Waals surface area contributed by atoms with Gasteiger partial charge in [0.25, 0.3) is 0 Å². The summed E-state index contributed by atoms with van der Waals surface area (Å²) in [4.78, 5) is 27.0. The third-order valence-corrected chi connectivity index (χ3v) is 6.87. The van der Waals surface area contributed by atoms with Gasteiger partial charge in [-0.15, -0.1) is 11.3 Å². The van der Waals surface area contributed by atoms with Gasteiger partial charge in [0.2, 0.25) is 5.91 Å². The molecule has 6 nitrogen and oxygen atoms in total. The molecule has 0 radical (unpaired) electrons. The first-order valence-electron chi connectivity index (χ1n) is 10.5. The Morgan fingerprint density at radius 3 is 2.40 bits per heavy atom. The molecule has 3 rings (SSSR count). The molecule has 0 bridgehead atoms. The number of hydrogen-bond donors (Lipinski definition) is 1. The van der Waals surface area contributed by atoms with Gasteiger partial charge in [-0.2, -0.15) is 0 Å². The zero-order valence-electron chi connectivity index (χ0n) is 18.2. The zero-order valence-corrected chi connectivity index (χ0v) is 19.0. The minimum absolute atomic E-state index is 0.135. The van der Waals surface area contributed by atoms with E-state index in [1.165, 1.54) is 6.42 Å². The molecule has 1 aliphatic carbocycles. The Morgan fingerprint density at radius 2 is 1.77 bits per heavy atom. The number of ether oxygens (including phenoxy) is 3. The Balaban J connectivity index is 1.88. The summed E-state index contributed by atoms with van der Waals surface area (Å²) in [5, 5.41) is 4.11. The maximum atomic E-state index is 13.2. The van der Waals surface area contributed by atoms with Crippen molar-refractivity contribution in [3.63, 3.8) is 0 Å². The lowest BCUT2D eigenvalue weighted by Gasteiger charge is -2.30.